The van der Waals surface area contributed by atoms with Crippen LogP contribution in [0, 0.1) is 5.92 Å². The van der Waals surface area contributed by atoms with E-state index < -0.39 is 44.2 Å². The summed E-state index contributed by atoms with van der Waals surface area (Å²) in [6.07, 6.45) is -1.30. The van der Waals surface area contributed by atoms with Gasteiger partial charge in [-0.2, -0.15) is 0 Å². The Morgan fingerprint density at radius 2 is 1.50 bits per heavy atom. The van der Waals surface area contributed by atoms with Crippen LogP contribution in [0.5, 0.6) is 0 Å². The van der Waals surface area contributed by atoms with E-state index in [1.165, 1.54) is 0 Å². The molecule has 0 spiro atoms. The van der Waals surface area contributed by atoms with Crippen molar-refractivity contribution in [1.82, 2.24) is 4.90 Å². The van der Waals surface area contributed by atoms with Crippen molar-refractivity contribution in [3.05, 3.63) is 71.8 Å². The number of carbonyl (C=O) groups excluding carboxylic acids is 2. The van der Waals surface area contributed by atoms with E-state index in [4.69, 9.17) is 13.9 Å². The highest BCUT2D eigenvalue weighted by Gasteiger charge is 2.50. The predicted molar refractivity (Wildman–Crippen MR) is 159 cm³/mol. The summed E-state index contributed by atoms with van der Waals surface area (Å²) in [5.41, 5.74) is 1.15. The van der Waals surface area contributed by atoms with Gasteiger partial charge >= 0.3 is 12.1 Å². The van der Waals surface area contributed by atoms with Gasteiger partial charge in [-0.15, -0.1) is 0 Å². The second kappa shape index (κ2) is 12.9. The van der Waals surface area contributed by atoms with E-state index in [0.29, 0.717) is 6.42 Å². The van der Waals surface area contributed by atoms with Crippen molar-refractivity contribution in [3.63, 3.8) is 0 Å². The van der Waals surface area contributed by atoms with E-state index in [1.54, 1.807) is 4.90 Å². The second-order valence-corrected chi connectivity index (χ2v) is 18.1. The molecule has 0 aliphatic carbocycles. The van der Waals surface area contributed by atoms with Crippen molar-refractivity contribution < 1.29 is 28.6 Å². The molecular weight excluding hydrogens is 522 g/mol. The van der Waals surface area contributed by atoms with Gasteiger partial charge in [0.05, 0.1) is 30.7 Å². The van der Waals surface area contributed by atoms with Crippen molar-refractivity contribution in [2.45, 2.75) is 103 Å². The van der Waals surface area contributed by atoms with E-state index in [-0.39, 0.29) is 30.6 Å². The lowest BCUT2D eigenvalue weighted by Crippen LogP contribution is -2.56. The Hall–Kier alpha value is -2.68. The smallest absolute Gasteiger partial charge is 0.410 e. The molecule has 0 bridgehead atoms. The van der Waals surface area contributed by atoms with Crippen LogP contribution in [0.3, 0.4) is 0 Å². The van der Waals surface area contributed by atoms with Crippen LogP contribution < -0.4 is 0 Å². The number of hydrogen-bond acceptors (Lipinski definition) is 6. The molecule has 2 aromatic carbocycles. The van der Waals surface area contributed by atoms with Crippen molar-refractivity contribution in [2.24, 2.45) is 5.92 Å². The molecule has 2 unspecified atom stereocenters. The van der Waals surface area contributed by atoms with Crippen LogP contribution in [-0.4, -0.2) is 60.8 Å². The lowest BCUT2D eigenvalue weighted by molar-refractivity contribution is -0.155. The molecule has 1 fully saturated rings. The summed E-state index contributed by atoms with van der Waals surface area (Å²) in [5, 5.41) is 10.6. The first-order valence-electron chi connectivity index (χ1n) is 14.2. The molecule has 0 radical (unpaired) electrons. The fourth-order valence-corrected chi connectivity index (χ4v) is 6.02. The average Bonchev–Trinajstić information content (AvgIpc) is 3.26. The third kappa shape index (κ3) is 8.66. The second-order valence-electron chi connectivity index (χ2n) is 13.3. The fraction of sp³-hybridized carbons (Fsp3) is 0.562. The summed E-state index contributed by atoms with van der Waals surface area (Å²) in [4.78, 5) is 28.9. The number of aliphatic hydroxyl groups excluding tert-OH is 1. The largest absolute Gasteiger partial charge is 0.461 e. The monoisotopic (exact) mass is 569 g/mol. The van der Waals surface area contributed by atoms with Gasteiger partial charge in [-0.25, -0.2) is 4.79 Å². The van der Waals surface area contributed by atoms with Crippen molar-refractivity contribution in [2.75, 3.05) is 6.54 Å². The molecule has 7 nitrogen and oxygen atoms in total. The third-order valence-electron chi connectivity index (χ3n) is 7.79. The lowest BCUT2D eigenvalue weighted by Gasteiger charge is -2.44. The highest BCUT2D eigenvalue weighted by molar-refractivity contribution is 6.74. The van der Waals surface area contributed by atoms with Crippen molar-refractivity contribution in [3.8, 4) is 0 Å². The maximum atomic E-state index is 14.0. The molecule has 0 saturated carbocycles. The number of carbonyl (C=O) groups is 2. The normalized spacial score (nSPS) is 19.7. The molecule has 1 heterocycles. The highest BCUT2D eigenvalue weighted by Crippen LogP contribution is 2.41. The zero-order valence-electron chi connectivity index (χ0n) is 25.3. The number of hydrogen-bond donors (Lipinski definition) is 1. The number of β-amino-alcohol motifs (C(OH)–C–C–N with tert-alkyl or cyclic N) is 1. The molecule has 3 rings (SSSR count). The first-order valence-corrected chi connectivity index (χ1v) is 17.1. The Morgan fingerprint density at radius 1 is 0.950 bits per heavy atom. The standard InChI is InChI=1S/C32H47NO6Si/c1-31(2,3)38-30(36)33-21-25(34)20-27(33)28(39-40(7,8)32(4,5)6)26(19-23-15-11-9-12-16-23)29(35)37-22-24-17-13-10-14-18-24/h9-18,25-28,34H,19-22H2,1-8H3/t25?,26-,27?,28-/m0/s1. The number of esters is 1. The molecule has 1 saturated heterocycles. The van der Waals surface area contributed by atoms with Gasteiger partial charge in [-0.1, -0.05) is 81.4 Å². The summed E-state index contributed by atoms with van der Waals surface area (Å²) >= 11 is 0. The van der Waals surface area contributed by atoms with E-state index in [2.05, 4.69) is 33.9 Å². The molecule has 220 valence electrons. The Labute approximate surface area is 241 Å². The predicted octanol–water partition coefficient (Wildman–Crippen LogP) is 6.35. The van der Waals surface area contributed by atoms with Crippen LogP contribution in [-0.2, 0) is 31.7 Å². The number of nitrogens with zero attached hydrogens (tertiary/aromatic N) is 1. The lowest BCUT2D eigenvalue weighted by atomic mass is 9.88. The minimum atomic E-state index is -2.45. The molecular formula is C32H47NO6Si. The molecule has 2 aromatic rings. The SMILES string of the molecule is CC(C)(C)OC(=O)N1CC(O)CC1[C@@H](O[Si](C)(C)C(C)(C)C)[C@H](Cc1ccccc1)C(=O)OCc1ccccc1. The highest BCUT2D eigenvalue weighted by atomic mass is 28.4. The molecule has 1 aliphatic rings. The summed E-state index contributed by atoms with van der Waals surface area (Å²) in [6.45, 7) is 16.4. The number of amides is 1. The molecule has 1 amide bonds. The number of aliphatic hydroxyl groups is 1. The third-order valence-corrected chi connectivity index (χ3v) is 12.3. The summed E-state index contributed by atoms with van der Waals surface area (Å²) in [6, 6.07) is 18.8. The Kier molecular flexibility index (Phi) is 10.2. The van der Waals surface area contributed by atoms with Gasteiger partial charge in [0.2, 0.25) is 0 Å². The zero-order valence-corrected chi connectivity index (χ0v) is 26.3. The van der Waals surface area contributed by atoms with E-state index in [9.17, 15) is 14.7 Å². The van der Waals surface area contributed by atoms with Crippen LogP contribution in [0.1, 0.15) is 59.1 Å². The maximum absolute atomic E-state index is 14.0. The summed E-state index contributed by atoms with van der Waals surface area (Å²) in [5.74, 6) is -1.09. The van der Waals surface area contributed by atoms with Gasteiger partial charge in [-0.3, -0.25) is 9.69 Å². The molecule has 1 aliphatic heterocycles. The van der Waals surface area contributed by atoms with Crippen LogP contribution >= 0.6 is 0 Å². The van der Waals surface area contributed by atoms with Crippen LogP contribution in [0.2, 0.25) is 18.1 Å². The summed E-state index contributed by atoms with van der Waals surface area (Å²) in [7, 11) is -2.45. The van der Waals surface area contributed by atoms with Gasteiger partial charge in [0.25, 0.3) is 0 Å². The number of likely N-dealkylation sites (tertiary alicyclic amines) is 1. The van der Waals surface area contributed by atoms with E-state index in [0.717, 1.165) is 11.1 Å². The quantitative estimate of drug-likeness (QED) is 0.280. The first kappa shape index (κ1) is 31.8. The molecule has 8 heteroatoms. The van der Waals surface area contributed by atoms with Gasteiger partial charge in [0, 0.05) is 0 Å². The van der Waals surface area contributed by atoms with Gasteiger partial charge in [0.15, 0.2) is 8.32 Å². The van der Waals surface area contributed by atoms with Crippen molar-refractivity contribution >= 4 is 20.4 Å². The molecule has 40 heavy (non-hydrogen) atoms. The number of rotatable bonds is 9. The molecule has 0 aromatic heterocycles. The zero-order chi connectivity index (χ0) is 29.7. The van der Waals surface area contributed by atoms with Crippen LogP contribution in [0.15, 0.2) is 60.7 Å². The van der Waals surface area contributed by atoms with E-state index >= 15 is 0 Å². The number of ether oxygens (including phenoxy) is 2. The summed E-state index contributed by atoms with van der Waals surface area (Å²) < 4.78 is 18.7. The average molecular weight is 570 g/mol. The first-order chi connectivity index (χ1) is 18.6. The van der Waals surface area contributed by atoms with E-state index in [1.807, 2.05) is 81.4 Å². The molecule has 1 N–H and O–H groups in total. The van der Waals surface area contributed by atoms with Crippen molar-refractivity contribution in [1.29, 1.82) is 0 Å². The minimum Gasteiger partial charge on any atom is -0.461 e. The van der Waals surface area contributed by atoms with Crippen LogP contribution in [0.25, 0.3) is 0 Å². The molecule has 4 atom stereocenters. The number of benzene rings is 2. The van der Waals surface area contributed by atoms with Gasteiger partial charge < -0.3 is 19.0 Å². The van der Waals surface area contributed by atoms with Gasteiger partial charge in [-0.05, 0) is 62.9 Å². The fourth-order valence-electron chi connectivity index (χ4n) is 4.67. The Morgan fingerprint density at radius 3 is 2.02 bits per heavy atom. The Bertz CT molecular complexity index is 1110. The minimum absolute atomic E-state index is 0.119. The van der Waals surface area contributed by atoms with Gasteiger partial charge in [0.1, 0.15) is 12.2 Å². The Balaban J connectivity index is 2.04. The maximum Gasteiger partial charge on any atom is 0.410 e. The topological polar surface area (TPSA) is 85.3 Å². The van der Waals surface area contributed by atoms with Crippen LogP contribution in [0.4, 0.5) is 4.79 Å².